The van der Waals surface area contributed by atoms with Gasteiger partial charge in [-0.25, -0.2) is 0 Å². The number of allylic oxidation sites excluding steroid dienone is 2. The zero-order valence-corrected chi connectivity index (χ0v) is 12.4. The van der Waals surface area contributed by atoms with Gasteiger partial charge in [-0.05, 0) is 44.4 Å². The fourth-order valence-corrected chi connectivity index (χ4v) is 3.27. The minimum Gasteiger partial charge on any atom is -0.352 e. The van der Waals surface area contributed by atoms with Crippen LogP contribution in [0.2, 0.25) is 0 Å². The smallest absolute Gasteiger partial charge is 0.160 e. The number of ether oxygens (including phenoxy) is 2. The summed E-state index contributed by atoms with van der Waals surface area (Å²) in [6.45, 7) is 5.45. The second-order valence-corrected chi connectivity index (χ2v) is 6.01. The van der Waals surface area contributed by atoms with Gasteiger partial charge in [0.25, 0.3) is 0 Å². The van der Waals surface area contributed by atoms with E-state index in [1.165, 1.54) is 25.7 Å². The van der Waals surface area contributed by atoms with Crippen molar-refractivity contribution >= 4 is 11.6 Å². The molecule has 0 atom stereocenters. The third kappa shape index (κ3) is 4.62. The maximum atomic E-state index is 5.92. The van der Waals surface area contributed by atoms with Crippen LogP contribution in [0.1, 0.15) is 38.5 Å². The van der Waals surface area contributed by atoms with Gasteiger partial charge < -0.3 is 9.47 Å². The average Bonchev–Trinajstić information content (AvgIpc) is 2.47. The zero-order chi connectivity index (χ0) is 13.5. The number of rotatable bonds is 5. The largest absolute Gasteiger partial charge is 0.352 e. The lowest BCUT2D eigenvalue weighted by Gasteiger charge is -2.37. The molecular weight excluding hydrogens is 260 g/mol. The van der Waals surface area contributed by atoms with Crippen LogP contribution in [0.5, 0.6) is 0 Å². The summed E-state index contributed by atoms with van der Waals surface area (Å²) >= 11 is 5.64. The Morgan fingerprint density at radius 2 is 1.79 bits per heavy atom. The van der Waals surface area contributed by atoms with E-state index in [1.54, 1.807) is 5.54 Å². The van der Waals surface area contributed by atoms with Gasteiger partial charge in [-0.1, -0.05) is 23.8 Å². The van der Waals surface area contributed by atoms with Crippen molar-refractivity contribution in [2.45, 2.75) is 44.8 Å². The van der Waals surface area contributed by atoms with Crippen LogP contribution < -0.4 is 0 Å². The van der Waals surface area contributed by atoms with Crippen LogP contribution in [0.3, 0.4) is 0 Å². The van der Waals surface area contributed by atoms with E-state index in [9.17, 15) is 0 Å². The minimum atomic E-state index is 0.0286. The Labute approximate surface area is 121 Å². The summed E-state index contributed by atoms with van der Waals surface area (Å²) in [6.07, 6.45) is 11.1. The molecular formula is C16H25ClO2. The fourth-order valence-electron chi connectivity index (χ4n) is 3.06. The van der Waals surface area contributed by atoms with E-state index in [4.69, 9.17) is 21.1 Å². The van der Waals surface area contributed by atoms with Crippen LogP contribution >= 0.6 is 11.6 Å². The van der Waals surface area contributed by atoms with Gasteiger partial charge in [0, 0.05) is 17.4 Å². The van der Waals surface area contributed by atoms with Gasteiger partial charge >= 0.3 is 0 Å². The van der Waals surface area contributed by atoms with E-state index in [0.29, 0.717) is 17.8 Å². The van der Waals surface area contributed by atoms with Crippen molar-refractivity contribution in [1.82, 2.24) is 0 Å². The van der Waals surface area contributed by atoms with Gasteiger partial charge in [0.2, 0.25) is 0 Å². The van der Waals surface area contributed by atoms with Crippen LogP contribution in [-0.4, -0.2) is 19.5 Å². The van der Waals surface area contributed by atoms with Gasteiger partial charge in [-0.3, -0.25) is 0 Å². The first kappa shape index (κ1) is 15.1. The first-order chi connectivity index (χ1) is 9.33. The van der Waals surface area contributed by atoms with Crippen molar-refractivity contribution in [1.29, 1.82) is 0 Å². The Hall–Kier alpha value is -0.310. The molecule has 0 aromatic heterocycles. The highest BCUT2D eigenvalue weighted by Crippen LogP contribution is 2.34. The molecule has 2 nitrogen and oxygen atoms in total. The standard InChI is InChI=1S/C16H25ClO2/c1-2-3-4-14-11-18-16(19-12-14)15-7-5-13(6-8-15)9-10-17/h2,9-10,13-16H,1,3-8,11-12H2. The van der Waals surface area contributed by atoms with E-state index in [-0.39, 0.29) is 6.29 Å². The molecule has 1 heterocycles. The third-order valence-corrected chi connectivity index (χ3v) is 4.46. The van der Waals surface area contributed by atoms with Crippen molar-refractivity contribution < 1.29 is 9.47 Å². The molecule has 1 aliphatic carbocycles. The Bertz CT molecular complexity index is 287. The van der Waals surface area contributed by atoms with Crippen molar-refractivity contribution in [3.63, 3.8) is 0 Å². The molecule has 0 bridgehead atoms. The molecule has 1 aliphatic heterocycles. The molecule has 0 aromatic carbocycles. The molecule has 0 radical (unpaired) electrons. The molecule has 2 rings (SSSR count). The summed E-state index contributed by atoms with van der Waals surface area (Å²) in [5.74, 6) is 1.77. The number of hydrogen-bond donors (Lipinski definition) is 0. The Balaban J connectivity index is 1.69. The Kier molecular flexibility index (Phi) is 6.42. The van der Waals surface area contributed by atoms with Gasteiger partial charge in [0.15, 0.2) is 6.29 Å². The van der Waals surface area contributed by atoms with Crippen LogP contribution in [-0.2, 0) is 9.47 Å². The molecule has 2 aliphatic rings. The Morgan fingerprint density at radius 3 is 2.37 bits per heavy atom. The van der Waals surface area contributed by atoms with E-state index < -0.39 is 0 Å². The zero-order valence-electron chi connectivity index (χ0n) is 11.6. The van der Waals surface area contributed by atoms with E-state index in [1.807, 2.05) is 6.08 Å². The monoisotopic (exact) mass is 284 g/mol. The summed E-state index contributed by atoms with van der Waals surface area (Å²) < 4.78 is 11.8. The molecule has 19 heavy (non-hydrogen) atoms. The third-order valence-electron chi connectivity index (χ3n) is 4.32. The summed E-state index contributed by atoms with van der Waals surface area (Å²) in [6, 6.07) is 0. The normalized spacial score (nSPS) is 36.5. The molecule has 0 aromatic rings. The van der Waals surface area contributed by atoms with Crippen LogP contribution in [0.4, 0.5) is 0 Å². The molecule has 3 heteroatoms. The molecule has 0 unspecified atom stereocenters. The predicted octanol–water partition coefficient (Wildman–Crippen LogP) is 4.50. The fraction of sp³-hybridized carbons (Fsp3) is 0.750. The topological polar surface area (TPSA) is 18.5 Å². The van der Waals surface area contributed by atoms with Crippen LogP contribution in [0.15, 0.2) is 24.3 Å². The summed E-state index contributed by atoms with van der Waals surface area (Å²) in [4.78, 5) is 0. The van der Waals surface area contributed by atoms with Crippen molar-refractivity contribution in [2.24, 2.45) is 17.8 Å². The maximum absolute atomic E-state index is 5.92. The lowest BCUT2D eigenvalue weighted by atomic mass is 9.81. The van der Waals surface area contributed by atoms with Crippen molar-refractivity contribution in [3.05, 3.63) is 24.3 Å². The van der Waals surface area contributed by atoms with Crippen LogP contribution in [0.25, 0.3) is 0 Å². The molecule has 108 valence electrons. The van der Waals surface area contributed by atoms with E-state index >= 15 is 0 Å². The van der Waals surface area contributed by atoms with Crippen molar-refractivity contribution in [3.8, 4) is 0 Å². The first-order valence-corrected chi connectivity index (χ1v) is 7.88. The van der Waals surface area contributed by atoms with E-state index in [0.717, 1.165) is 26.1 Å². The quantitative estimate of drug-likeness (QED) is 0.692. The van der Waals surface area contributed by atoms with Crippen molar-refractivity contribution in [2.75, 3.05) is 13.2 Å². The average molecular weight is 285 g/mol. The highest BCUT2D eigenvalue weighted by atomic mass is 35.5. The predicted molar refractivity (Wildman–Crippen MR) is 79.1 cm³/mol. The second-order valence-electron chi connectivity index (χ2n) is 5.76. The first-order valence-electron chi connectivity index (χ1n) is 7.44. The molecule has 2 fully saturated rings. The summed E-state index contributed by atoms with van der Waals surface area (Å²) in [5.41, 5.74) is 1.66. The number of halogens is 1. The van der Waals surface area contributed by atoms with Gasteiger partial charge in [-0.2, -0.15) is 0 Å². The van der Waals surface area contributed by atoms with Gasteiger partial charge in [0.1, 0.15) is 0 Å². The minimum absolute atomic E-state index is 0.0286. The number of hydrogen-bond acceptors (Lipinski definition) is 2. The Morgan fingerprint density at radius 1 is 1.11 bits per heavy atom. The molecule has 0 amide bonds. The van der Waals surface area contributed by atoms with Gasteiger partial charge in [-0.15, -0.1) is 6.58 Å². The molecule has 0 spiro atoms. The lowest BCUT2D eigenvalue weighted by Crippen LogP contribution is -2.38. The highest BCUT2D eigenvalue weighted by Gasteiger charge is 2.31. The summed E-state index contributed by atoms with van der Waals surface area (Å²) in [5, 5.41) is 0. The molecule has 1 saturated carbocycles. The molecule has 1 saturated heterocycles. The lowest BCUT2D eigenvalue weighted by molar-refractivity contribution is -0.229. The maximum Gasteiger partial charge on any atom is 0.160 e. The SMILES string of the molecule is C=CCCC1COC(C2CCC(C=CCl)CC2)OC1. The highest BCUT2D eigenvalue weighted by molar-refractivity contribution is 6.25. The van der Waals surface area contributed by atoms with Gasteiger partial charge in [0.05, 0.1) is 13.2 Å². The molecule has 0 N–H and O–H groups in total. The van der Waals surface area contributed by atoms with Crippen LogP contribution in [0, 0.1) is 17.8 Å². The second kappa shape index (κ2) is 8.08. The summed E-state index contributed by atoms with van der Waals surface area (Å²) in [7, 11) is 0. The van der Waals surface area contributed by atoms with E-state index in [2.05, 4.69) is 12.7 Å².